The zero-order chi connectivity index (χ0) is 22.1. The number of aliphatic hydroxyl groups excluding tert-OH is 1. The van der Waals surface area contributed by atoms with Gasteiger partial charge in [0.15, 0.2) is 11.9 Å². The maximum Gasteiger partial charge on any atom is 0.261 e. The normalized spacial score (nSPS) is 18.1. The van der Waals surface area contributed by atoms with E-state index in [1.54, 1.807) is 37.3 Å². The molecule has 0 saturated heterocycles. The number of ether oxygens (including phenoxy) is 1. The van der Waals surface area contributed by atoms with Crippen molar-refractivity contribution < 1.29 is 24.2 Å². The smallest absolute Gasteiger partial charge is 0.261 e. The second kappa shape index (κ2) is 8.45. The third-order valence-corrected chi connectivity index (χ3v) is 5.46. The first-order valence-corrected chi connectivity index (χ1v) is 10.1. The Kier molecular flexibility index (Phi) is 5.71. The maximum atomic E-state index is 12.8. The van der Waals surface area contributed by atoms with Crippen LogP contribution in [0.4, 0.5) is 0 Å². The van der Waals surface area contributed by atoms with E-state index in [0.29, 0.717) is 16.5 Å². The molecule has 2 aliphatic heterocycles. The van der Waals surface area contributed by atoms with Crippen LogP contribution in [0.5, 0.6) is 5.75 Å². The molecule has 1 atom stereocenters. The number of amides is 2. The first kappa shape index (κ1) is 21.0. The number of imide groups is 1. The third-order valence-electron chi connectivity index (χ3n) is 5.23. The molecule has 0 aromatic heterocycles. The molecule has 2 aromatic carbocycles. The lowest BCUT2D eigenvalue weighted by molar-refractivity contribution is -0.120. The van der Waals surface area contributed by atoms with Crippen molar-refractivity contribution in [2.24, 2.45) is 4.99 Å². The van der Waals surface area contributed by atoms with Crippen LogP contribution in [0.15, 0.2) is 59.2 Å². The zero-order valence-corrected chi connectivity index (χ0v) is 17.4. The molecular formula is C23H19ClN2O5. The van der Waals surface area contributed by atoms with Crippen molar-refractivity contribution in [3.05, 3.63) is 76.0 Å². The highest BCUT2D eigenvalue weighted by Crippen LogP contribution is 2.28. The predicted molar refractivity (Wildman–Crippen MR) is 114 cm³/mol. The van der Waals surface area contributed by atoms with Crippen molar-refractivity contribution in [3.63, 3.8) is 0 Å². The summed E-state index contributed by atoms with van der Waals surface area (Å²) in [5.41, 5.74) is 2.02. The number of fused-ring (bicyclic) bond motifs is 1. The van der Waals surface area contributed by atoms with E-state index in [0.717, 1.165) is 10.5 Å². The van der Waals surface area contributed by atoms with Crippen molar-refractivity contribution >= 4 is 34.9 Å². The van der Waals surface area contributed by atoms with Gasteiger partial charge < -0.3 is 9.84 Å². The largest absolute Gasteiger partial charge is 0.489 e. The highest BCUT2D eigenvalue weighted by molar-refractivity contribution is 6.30. The molecule has 2 aliphatic rings. The zero-order valence-electron chi connectivity index (χ0n) is 16.7. The second-order valence-electron chi connectivity index (χ2n) is 7.33. The first-order chi connectivity index (χ1) is 14.8. The van der Waals surface area contributed by atoms with Gasteiger partial charge in [0, 0.05) is 23.3 Å². The molecule has 1 N–H and O–H groups in total. The van der Waals surface area contributed by atoms with Crippen molar-refractivity contribution in [2.45, 2.75) is 26.1 Å². The Morgan fingerprint density at radius 1 is 1.10 bits per heavy atom. The molecule has 31 heavy (non-hydrogen) atoms. The van der Waals surface area contributed by atoms with Crippen molar-refractivity contribution in [3.8, 4) is 5.75 Å². The van der Waals surface area contributed by atoms with Crippen LogP contribution in [0.3, 0.4) is 0 Å². The van der Waals surface area contributed by atoms with E-state index in [-0.39, 0.29) is 36.3 Å². The summed E-state index contributed by atoms with van der Waals surface area (Å²) in [6, 6.07) is 12.0. The molecule has 1 unspecified atom stereocenters. The first-order valence-electron chi connectivity index (χ1n) is 9.68. The third kappa shape index (κ3) is 4.15. The molecule has 8 heteroatoms. The molecule has 0 saturated carbocycles. The van der Waals surface area contributed by atoms with Gasteiger partial charge in [-0.25, -0.2) is 0 Å². The van der Waals surface area contributed by atoms with Gasteiger partial charge in [-0.15, -0.1) is 0 Å². The van der Waals surface area contributed by atoms with Gasteiger partial charge in [-0.2, -0.15) is 0 Å². The SMILES string of the molecule is CC1=NC=C(CCN2C(=O)c3ccc(OCc4cccc(Cl)c4)cc3C2=O)C(=O)C1O. The van der Waals surface area contributed by atoms with Crippen LogP contribution in [0.1, 0.15) is 39.6 Å². The lowest BCUT2D eigenvalue weighted by Crippen LogP contribution is -2.35. The number of nitrogens with zero attached hydrogens (tertiary/aromatic N) is 2. The lowest BCUT2D eigenvalue weighted by atomic mass is 9.99. The standard InChI is InChI=1S/C23H19ClN2O5/c1-13-20(27)21(28)15(11-25-13)7-8-26-22(29)18-6-5-17(10-19(18)23(26)30)31-12-14-3-2-4-16(24)9-14/h2-6,9-11,20,27H,7-8,12H2,1H3. The number of benzene rings is 2. The van der Waals surface area contributed by atoms with E-state index >= 15 is 0 Å². The fourth-order valence-corrected chi connectivity index (χ4v) is 3.67. The summed E-state index contributed by atoms with van der Waals surface area (Å²) in [4.78, 5) is 42.7. The summed E-state index contributed by atoms with van der Waals surface area (Å²) in [6.45, 7) is 1.85. The average molecular weight is 439 g/mol. The number of halogens is 1. The molecule has 0 spiro atoms. The number of Topliss-reactive ketones (excluding diaryl/α,β-unsaturated/α-hetero) is 1. The lowest BCUT2D eigenvalue weighted by Gasteiger charge is -2.18. The number of ketones is 1. The molecule has 2 aromatic rings. The Labute approximate surface area is 183 Å². The Bertz CT molecular complexity index is 1150. The Morgan fingerprint density at radius 3 is 2.65 bits per heavy atom. The van der Waals surface area contributed by atoms with Gasteiger partial charge in [0.05, 0.1) is 16.8 Å². The van der Waals surface area contributed by atoms with Gasteiger partial charge in [0.2, 0.25) is 0 Å². The quantitative estimate of drug-likeness (QED) is 0.699. The number of aliphatic imine (C=N–C) groups is 1. The Balaban J connectivity index is 1.45. The Morgan fingerprint density at radius 2 is 1.87 bits per heavy atom. The summed E-state index contributed by atoms with van der Waals surface area (Å²) >= 11 is 5.98. The number of aliphatic hydroxyl groups is 1. The highest BCUT2D eigenvalue weighted by Gasteiger charge is 2.36. The van der Waals surface area contributed by atoms with Crippen molar-refractivity contribution in [2.75, 3.05) is 6.54 Å². The summed E-state index contributed by atoms with van der Waals surface area (Å²) < 4.78 is 5.75. The molecule has 7 nitrogen and oxygen atoms in total. The van der Waals surface area contributed by atoms with Crippen LogP contribution < -0.4 is 4.74 Å². The number of hydrogen-bond donors (Lipinski definition) is 1. The van der Waals surface area contributed by atoms with E-state index in [4.69, 9.17) is 16.3 Å². The van der Waals surface area contributed by atoms with E-state index in [9.17, 15) is 19.5 Å². The molecule has 2 amide bonds. The second-order valence-corrected chi connectivity index (χ2v) is 7.77. The summed E-state index contributed by atoms with van der Waals surface area (Å²) in [5.74, 6) is -0.872. The average Bonchev–Trinajstić information content (AvgIpc) is 3.00. The summed E-state index contributed by atoms with van der Waals surface area (Å²) in [6.07, 6.45) is 0.224. The van der Waals surface area contributed by atoms with Crippen molar-refractivity contribution in [1.29, 1.82) is 0 Å². The molecule has 0 bridgehead atoms. The minimum Gasteiger partial charge on any atom is -0.489 e. The number of hydrogen-bond acceptors (Lipinski definition) is 6. The van der Waals surface area contributed by atoms with E-state index in [1.807, 2.05) is 12.1 Å². The van der Waals surface area contributed by atoms with Crippen LogP contribution in [-0.4, -0.2) is 46.0 Å². The molecular weight excluding hydrogens is 420 g/mol. The summed E-state index contributed by atoms with van der Waals surface area (Å²) in [7, 11) is 0. The number of carbonyl (C=O) groups excluding carboxylic acids is 3. The topological polar surface area (TPSA) is 96.3 Å². The monoisotopic (exact) mass is 438 g/mol. The number of carbonyl (C=O) groups is 3. The van der Waals surface area contributed by atoms with Crippen LogP contribution in [0.25, 0.3) is 0 Å². The van der Waals surface area contributed by atoms with Gasteiger partial charge in [-0.05, 0) is 49.2 Å². The fourth-order valence-electron chi connectivity index (χ4n) is 3.46. The van der Waals surface area contributed by atoms with Gasteiger partial charge in [0.25, 0.3) is 11.8 Å². The highest BCUT2D eigenvalue weighted by atomic mass is 35.5. The molecule has 0 radical (unpaired) electrons. The maximum absolute atomic E-state index is 12.8. The minimum absolute atomic E-state index is 0.0178. The van der Waals surface area contributed by atoms with Crippen LogP contribution in [0.2, 0.25) is 5.02 Å². The minimum atomic E-state index is -1.28. The van der Waals surface area contributed by atoms with Crippen LogP contribution >= 0.6 is 11.6 Å². The summed E-state index contributed by atoms with van der Waals surface area (Å²) in [5, 5.41) is 10.4. The molecule has 0 aliphatic carbocycles. The Hall–Kier alpha value is -3.29. The van der Waals surface area contributed by atoms with Crippen molar-refractivity contribution in [1.82, 2.24) is 4.90 Å². The van der Waals surface area contributed by atoms with E-state index in [2.05, 4.69) is 4.99 Å². The number of rotatable bonds is 6. The van der Waals surface area contributed by atoms with E-state index < -0.39 is 23.7 Å². The van der Waals surface area contributed by atoms with Crippen LogP contribution in [-0.2, 0) is 11.4 Å². The predicted octanol–water partition coefficient (Wildman–Crippen LogP) is 3.19. The fraction of sp³-hybridized carbons (Fsp3) is 0.217. The molecule has 158 valence electrons. The van der Waals surface area contributed by atoms with Gasteiger partial charge in [-0.1, -0.05) is 23.7 Å². The van der Waals surface area contributed by atoms with Gasteiger partial charge in [-0.3, -0.25) is 24.3 Å². The van der Waals surface area contributed by atoms with E-state index in [1.165, 1.54) is 6.20 Å². The van der Waals surface area contributed by atoms with Gasteiger partial charge in [0.1, 0.15) is 12.4 Å². The van der Waals surface area contributed by atoms with Gasteiger partial charge >= 0.3 is 0 Å². The molecule has 2 heterocycles. The molecule has 4 rings (SSSR count). The van der Waals surface area contributed by atoms with Crippen LogP contribution in [0, 0.1) is 0 Å². The molecule has 0 fully saturated rings.